The number of nitrogens with one attached hydrogen (secondary N) is 1. The molecule has 2 heterocycles. The van der Waals surface area contributed by atoms with Gasteiger partial charge in [-0.25, -0.2) is 0 Å². The summed E-state index contributed by atoms with van der Waals surface area (Å²) in [5.41, 5.74) is 5.45. The second-order valence-corrected chi connectivity index (χ2v) is 4.59. The topological polar surface area (TPSA) is 107 Å². The van der Waals surface area contributed by atoms with Crippen LogP contribution in [0.5, 0.6) is 0 Å². The molecule has 8 nitrogen and oxygen atoms in total. The Morgan fingerprint density at radius 3 is 3.15 bits per heavy atom. The highest BCUT2D eigenvalue weighted by molar-refractivity contribution is 5.84. The Morgan fingerprint density at radius 2 is 2.40 bits per heavy atom. The molecule has 1 fully saturated rings. The van der Waals surface area contributed by atoms with Crippen LogP contribution in [0.15, 0.2) is 4.42 Å². The smallest absolute Gasteiger partial charge is 0.319 e. The zero-order valence-corrected chi connectivity index (χ0v) is 11.7. The van der Waals surface area contributed by atoms with Crippen LogP contribution in [0, 0.1) is 0 Å². The normalized spacial score (nSPS) is 19.1. The van der Waals surface area contributed by atoms with Crippen molar-refractivity contribution in [1.82, 2.24) is 15.5 Å². The molecule has 1 aliphatic rings. The predicted molar refractivity (Wildman–Crippen MR) is 72.3 cm³/mol. The van der Waals surface area contributed by atoms with E-state index in [4.69, 9.17) is 14.9 Å². The fraction of sp³-hybridized carbons (Fsp3) is 0.750. The number of ether oxygens (including phenoxy) is 1. The molecule has 0 aliphatic carbocycles. The molecule has 1 unspecified atom stereocenters. The lowest BCUT2D eigenvalue weighted by Crippen LogP contribution is -2.54. The maximum absolute atomic E-state index is 12.1. The van der Waals surface area contributed by atoms with Crippen molar-refractivity contribution in [2.75, 3.05) is 37.7 Å². The summed E-state index contributed by atoms with van der Waals surface area (Å²) in [5, 5.41) is 10.8. The molecule has 0 aromatic carbocycles. The standard InChI is InChI=1S/C12H21N5O3/c1-2-5-14-11(18)9-8-19-7-6-17(9)12-16-15-10(20-12)3-4-13/h9H,2-8,13H2,1H3,(H,14,18). The predicted octanol–water partition coefficient (Wildman–Crippen LogP) is -0.698. The summed E-state index contributed by atoms with van der Waals surface area (Å²) in [6, 6.07) is -0.0742. The van der Waals surface area contributed by atoms with Crippen LogP contribution >= 0.6 is 0 Å². The monoisotopic (exact) mass is 283 g/mol. The summed E-state index contributed by atoms with van der Waals surface area (Å²) >= 11 is 0. The second kappa shape index (κ2) is 7.20. The molecule has 112 valence electrons. The maximum atomic E-state index is 12.1. The highest BCUT2D eigenvalue weighted by Gasteiger charge is 2.32. The number of nitrogens with two attached hydrogens (primary N) is 1. The maximum Gasteiger partial charge on any atom is 0.319 e. The van der Waals surface area contributed by atoms with Gasteiger partial charge in [-0.3, -0.25) is 4.79 Å². The molecule has 2 rings (SSSR count). The summed E-state index contributed by atoms with van der Waals surface area (Å²) in [7, 11) is 0. The fourth-order valence-corrected chi connectivity index (χ4v) is 2.00. The molecule has 8 heteroatoms. The number of carbonyl (C=O) groups excluding carboxylic acids is 1. The molecule has 1 saturated heterocycles. The van der Waals surface area contributed by atoms with Crippen LogP contribution in [0.1, 0.15) is 19.2 Å². The van der Waals surface area contributed by atoms with Gasteiger partial charge in [0.05, 0.1) is 13.2 Å². The van der Waals surface area contributed by atoms with E-state index >= 15 is 0 Å². The first-order chi connectivity index (χ1) is 9.76. The summed E-state index contributed by atoms with van der Waals surface area (Å²) in [6.07, 6.45) is 1.42. The van der Waals surface area contributed by atoms with Crippen molar-refractivity contribution in [2.45, 2.75) is 25.8 Å². The second-order valence-electron chi connectivity index (χ2n) is 4.59. The minimum absolute atomic E-state index is 0.0786. The van der Waals surface area contributed by atoms with Gasteiger partial charge in [-0.05, 0) is 6.42 Å². The number of nitrogens with zero attached hydrogens (tertiary/aromatic N) is 3. The first-order valence-electron chi connectivity index (χ1n) is 6.90. The molecule has 3 N–H and O–H groups in total. The van der Waals surface area contributed by atoms with E-state index in [0.29, 0.717) is 51.2 Å². The van der Waals surface area contributed by atoms with Crippen LogP contribution in [0.25, 0.3) is 0 Å². The fourth-order valence-electron chi connectivity index (χ4n) is 2.00. The number of rotatable bonds is 6. The molecular weight excluding hydrogens is 262 g/mol. The van der Waals surface area contributed by atoms with Gasteiger partial charge in [0.25, 0.3) is 0 Å². The Morgan fingerprint density at radius 1 is 1.55 bits per heavy atom. The Hall–Kier alpha value is -1.67. The van der Waals surface area contributed by atoms with Crippen molar-refractivity contribution in [1.29, 1.82) is 0 Å². The number of carbonyl (C=O) groups is 1. The van der Waals surface area contributed by atoms with E-state index in [1.165, 1.54) is 0 Å². The third kappa shape index (κ3) is 3.45. The highest BCUT2D eigenvalue weighted by Crippen LogP contribution is 2.18. The Bertz CT molecular complexity index is 436. The van der Waals surface area contributed by atoms with Crippen molar-refractivity contribution in [3.05, 3.63) is 5.89 Å². The lowest BCUT2D eigenvalue weighted by molar-refractivity contribution is -0.124. The van der Waals surface area contributed by atoms with Gasteiger partial charge in [0, 0.05) is 26.1 Å². The van der Waals surface area contributed by atoms with Gasteiger partial charge in [0.2, 0.25) is 11.8 Å². The highest BCUT2D eigenvalue weighted by atomic mass is 16.5. The third-order valence-corrected chi connectivity index (χ3v) is 3.04. The lowest BCUT2D eigenvalue weighted by atomic mass is 10.2. The number of anilines is 1. The minimum atomic E-state index is -0.429. The average Bonchev–Trinajstić information content (AvgIpc) is 2.93. The van der Waals surface area contributed by atoms with E-state index in [1.807, 2.05) is 6.92 Å². The van der Waals surface area contributed by atoms with Crippen molar-refractivity contribution in [3.63, 3.8) is 0 Å². The van der Waals surface area contributed by atoms with Crippen molar-refractivity contribution in [3.8, 4) is 0 Å². The van der Waals surface area contributed by atoms with E-state index < -0.39 is 6.04 Å². The van der Waals surface area contributed by atoms with E-state index in [1.54, 1.807) is 4.90 Å². The average molecular weight is 283 g/mol. The van der Waals surface area contributed by atoms with Gasteiger partial charge in [-0.15, -0.1) is 5.10 Å². The van der Waals surface area contributed by atoms with Crippen LogP contribution in [0.4, 0.5) is 6.01 Å². The lowest BCUT2D eigenvalue weighted by Gasteiger charge is -2.32. The zero-order chi connectivity index (χ0) is 14.4. The minimum Gasteiger partial charge on any atom is -0.408 e. The molecular formula is C12H21N5O3. The third-order valence-electron chi connectivity index (χ3n) is 3.04. The van der Waals surface area contributed by atoms with Gasteiger partial charge < -0.3 is 25.1 Å². The van der Waals surface area contributed by atoms with E-state index in [-0.39, 0.29) is 5.91 Å². The van der Waals surface area contributed by atoms with Gasteiger partial charge in [-0.2, -0.15) is 0 Å². The number of hydrogen-bond acceptors (Lipinski definition) is 7. The number of hydrogen-bond donors (Lipinski definition) is 2. The number of morpholine rings is 1. The molecule has 1 aromatic heterocycles. The molecule has 1 amide bonds. The Labute approximate surface area is 117 Å². The zero-order valence-electron chi connectivity index (χ0n) is 11.7. The van der Waals surface area contributed by atoms with E-state index in [2.05, 4.69) is 15.5 Å². The van der Waals surface area contributed by atoms with E-state index in [0.717, 1.165) is 6.42 Å². The van der Waals surface area contributed by atoms with Crippen molar-refractivity contribution in [2.24, 2.45) is 5.73 Å². The van der Waals surface area contributed by atoms with Crippen LogP contribution in [-0.2, 0) is 16.0 Å². The SMILES string of the molecule is CCCNC(=O)C1COCCN1c1nnc(CCN)o1. The first kappa shape index (κ1) is 14.7. The molecule has 0 radical (unpaired) electrons. The molecule has 1 aliphatic heterocycles. The Balaban J connectivity index is 2.07. The molecule has 0 bridgehead atoms. The molecule has 1 atom stereocenters. The van der Waals surface area contributed by atoms with Gasteiger partial charge >= 0.3 is 6.01 Å². The number of aromatic nitrogens is 2. The van der Waals surface area contributed by atoms with Crippen LogP contribution < -0.4 is 16.0 Å². The van der Waals surface area contributed by atoms with Crippen molar-refractivity contribution >= 4 is 11.9 Å². The first-order valence-corrected chi connectivity index (χ1v) is 6.90. The largest absolute Gasteiger partial charge is 0.408 e. The van der Waals surface area contributed by atoms with Crippen LogP contribution in [0.3, 0.4) is 0 Å². The summed E-state index contributed by atoms with van der Waals surface area (Å²) in [5.74, 6) is 0.409. The summed E-state index contributed by atoms with van der Waals surface area (Å²) < 4.78 is 10.9. The molecule has 0 saturated carbocycles. The summed E-state index contributed by atoms with van der Waals surface area (Å²) in [6.45, 7) is 4.51. The van der Waals surface area contributed by atoms with Gasteiger partial charge in [-0.1, -0.05) is 12.0 Å². The molecule has 0 spiro atoms. The van der Waals surface area contributed by atoms with Crippen molar-refractivity contribution < 1.29 is 13.9 Å². The quantitative estimate of drug-likeness (QED) is 0.711. The van der Waals surface area contributed by atoms with Gasteiger partial charge in [0.1, 0.15) is 6.04 Å². The number of amides is 1. The molecule has 20 heavy (non-hydrogen) atoms. The molecule has 1 aromatic rings. The summed E-state index contributed by atoms with van der Waals surface area (Å²) in [4.78, 5) is 13.9. The van der Waals surface area contributed by atoms with E-state index in [9.17, 15) is 4.79 Å². The van der Waals surface area contributed by atoms with Gasteiger partial charge in [0.15, 0.2) is 0 Å². The Kier molecular flexibility index (Phi) is 5.31. The van der Waals surface area contributed by atoms with Crippen LogP contribution in [0.2, 0.25) is 0 Å². The van der Waals surface area contributed by atoms with Crippen LogP contribution in [-0.4, -0.2) is 55.0 Å².